The summed E-state index contributed by atoms with van der Waals surface area (Å²) in [7, 11) is 0. The maximum absolute atomic E-state index is 5.59. The van der Waals surface area contributed by atoms with Crippen LogP contribution in [0.4, 0.5) is 0 Å². The lowest BCUT2D eigenvalue weighted by atomic mass is 10.2. The van der Waals surface area contributed by atoms with Crippen LogP contribution in [0.25, 0.3) is 0 Å². The molecule has 0 aromatic heterocycles. The topological polar surface area (TPSA) is 46.0 Å². The second kappa shape index (κ2) is 6.59. The van der Waals surface area contributed by atoms with Gasteiger partial charge in [0, 0.05) is 5.56 Å². The Bertz CT molecular complexity index is 746. The number of rotatable bonds is 2. The van der Waals surface area contributed by atoms with Gasteiger partial charge in [-0.3, -0.25) is 0 Å². The first-order valence-electron chi connectivity index (χ1n) is 6.97. The molecule has 22 heavy (non-hydrogen) atoms. The summed E-state index contributed by atoms with van der Waals surface area (Å²) in [5.74, 6) is 6.57. The molecule has 3 rings (SSSR count). The van der Waals surface area contributed by atoms with E-state index in [0.717, 1.165) is 11.3 Å². The van der Waals surface area contributed by atoms with Gasteiger partial charge in [-0.1, -0.05) is 36.8 Å². The lowest BCUT2D eigenvalue weighted by Gasteiger charge is -2.22. The first kappa shape index (κ1) is 13.9. The van der Waals surface area contributed by atoms with Crippen molar-refractivity contribution in [1.82, 2.24) is 5.32 Å². The SMILES string of the molecule is C=CCOC1=NC2=CC=CNC2N=C1C#Cc1ccccc1. The van der Waals surface area contributed by atoms with Gasteiger partial charge >= 0.3 is 0 Å². The Labute approximate surface area is 129 Å². The van der Waals surface area contributed by atoms with Crippen LogP contribution in [0.3, 0.4) is 0 Å². The largest absolute Gasteiger partial charge is 0.471 e. The predicted molar refractivity (Wildman–Crippen MR) is 88.5 cm³/mol. The van der Waals surface area contributed by atoms with Gasteiger partial charge in [-0.15, -0.1) is 0 Å². The Morgan fingerprint density at radius 1 is 1.27 bits per heavy atom. The lowest BCUT2D eigenvalue weighted by molar-refractivity contribution is 0.355. The summed E-state index contributed by atoms with van der Waals surface area (Å²) in [4.78, 5) is 9.07. The highest BCUT2D eigenvalue weighted by molar-refractivity contribution is 6.46. The van der Waals surface area contributed by atoms with E-state index in [1.807, 2.05) is 48.7 Å². The molecule has 2 heterocycles. The molecule has 0 spiro atoms. The minimum absolute atomic E-state index is 0.207. The van der Waals surface area contributed by atoms with Crippen molar-refractivity contribution < 1.29 is 4.74 Å². The zero-order chi connectivity index (χ0) is 15.2. The number of aliphatic imine (C=N–C) groups is 2. The molecule has 0 saturated carbocycles. The molecule has 4 nitrogen and oxygen atoms in total. The van der Waals surface area contributed by atoms with Crippen LogP contribution in [0.15, 0.2) is 77.0 Å². The molecule has 108 valence electrons. The monoisotopic (exact) mass is 289 g/mol. The van der Waals surface area contributed by atoms with Crippen molar-refractivity contribution in [3.05, 3.63) is 72.6 Å². The van der Waals surface area contributed by atoms with Gasteiger partial charge in [0.05, 0.1) is 5.70 Å². The molecular formula is C18H15N3O. The highest BCUT2D eigenvalue weighted by atomic mass is 16.5. The number of hydrogen-bond donors (Lipinski definition) is 1. The molecular weight excluding hydrogens is 274 g/mol. The standard InChI is InChI=1S/C18H15N3O/c1-2-13-22-18-16(11-10-14-7-4-3-5-8-14)20-17-15(21-18)9-6-12-19-17/h2-9,12,17,19H,1,13H2. The summed E-state index contributed by atoms with van der Waals surface area (Å²) in [6, 6.07) is 9.75. The third-order valence-corrected chi connectivity index (χ3v) is 3.03. The van der Waals surface area contributed by atoms with Crippen LogP contribution in [0, 0.1) is 11.8 Å². The van der Waals surface area contributed by atoms with E-state index in [0.29, 0.717) is 18.2 Å². The molecule has 0 saturated heterocycles. The molecule has 2 aliphatic heterocycles. The van der Waals surface area contributed by atoms with E-state index in [9.17, 15) is 0 Å². The van der Waals surface area contributed by atoms with E-state index < -0.39 is 0 Å². The highest BCUT2D eigenvalue weighted by Gasteiger charge is 2.23. The average molecular weight is 289 g/mol. The fourth-order valence-electron chi connectivity index (χ4n) is 2.00. The number of allylic oxidation sites excluding steroid dienone is 2. The van der Waals surface area contributed by atoms with E-state index >= 15 is 0 Å². The quantitative estimate of drug-likeness (QED) is 0.671. The smallest absolute Gasteiger partial charge is 0.249 e. The van der Waals surface area contributed by atoms with Gasteiger partial charge in [0.2, 0.25) is 5.90 Å². The van der Waals surface area contributed by atoms with Gasteiger partial charge < -0.3 is 10.1 Å². The fourth-order valence-corrected chi connectivity index (χ4v) is 2.00. The van der Waals surface area contributed by atoms with E-state index in [1.165, 1.54) is 0 Å². The minimum Gasteiger partial charge on any atom is -0.471 e. The van der Waals surface area contributed by atoms with Crippen LogP contribution >= 0.6 is 0 Å². The molecule has 0 amide bonds. The number of benzene rings is 1. The fraction of sp³-hybridized carbons (Fsp3) is 0.111. The summed E-state index contributed by atoms with van der Waals surface area (Å²) in [5, 5.41) is 3.14. The third-order valence-electron chi connectivity index (χ3n) is 3.03. The Hall–Kier alpha value is -3.06. The maximum Gasteiger partial charge on any atom is 0.249 e. The van der Waals surface area contributed by atoms with Crippen LogP contribution in [0.5, 0.6) is 0 Å². The van der Waals surface area contributed by atoms with Crippen molar-refractivity contribution in [3.63, 3.8) is 0 Å². The highest BCUT2D eigenvalue weighted by Crippen LogP contribution is 2.16. The third kappa shape index (κ3) is 3.15. The van der Waals surface area contributed by atoms with Crippen molar-refractivity contribution in [3.8, 4) is 11.8 Å². The van der Waals surface area contributed by atoms with Gasteiger partial charge in [0.15, 0.2) is 11.9 Å². The zero-order valence-corrected chi connectivity index (χ0v) is 12.0. The van der Waals surface area contributed by atoms with Gasteiger partial charge in [-0.2, -0.15) is 0 Å². The Kier molecular flexibility index (Phi) is 4.17. The summed E-state index contributed by atoms with van der Waals surface area (Å²) < 4.78 is 5.59. The summed E-state index contributed by atoms with van der Waals surface area (Å²) in [6.07, 6.45) is 7.09. The van der Waals surface area contributed by atoms with E-state index in [-0.39, 0.29) is 6.17 Å². The Balaban J connectivity index is 1.90. The second-order valence-corrected chi connectivity index (χ2v) is 4.63. The van der Waals surface area contributed by atoms with E-state index in [1.54, 1.807) is 6.08 Å². The molecule has 0 bridgehead atoms. The molecule has 1 atom stereocenters. The summed E-state index contributed by atoms with van der Waals surface area (Å²) >= 11 is 0. The molecule has 0 aliphatic carbocycles. The average Bonchev–Trinajstić information content (AvgIpc) is 2.58. The van der Waals surface area contributed by atoms with Gasteiger partial charge in [0.25, 0.3) is 0 Å². The minimum atomic E-state index is -0.207. The van der Waals surface area contributed by atoms with Crippen LogP contribution in [0.2, 0.25) is 0 Å². The number of nitrogens with one attached hydrogen (secondary N) is 1. The van der Waals surface area contributed by atoms with Gasteiger partial charge in [0.1, 0.15) is 6.61 Å². The molecule has 1 N–H and O–H groups in total. The second-order valence-electron chi connectivity index (χ2n) is 4.63. The number of nitrogens with zero attached hydrogens (tertiary/aromatic N) is 2. The number of ether oxygens (including phenoxy) is 1. The molecule has 1 aromatic rings. The Morgan fingerprint density at radius 3 is 2.95 bits per heavy atom. The maximum atomic E-state index is 5.59. The Morgan fingerprint density at radius 2 is 2.14 bits per heavy atom. The predicted octanol–water partition coefficient (Wildman–Crippen LogP) is 2.42. The normalized spacial score (nSPS) is 18.5. The van der Waals surface area contributed by atoms with Crippen LogP contribution < -0.4 is 5.32 Å². The van der Waals surface area contributed by atoms with Gasteiger partial charge in [-0.25, -0.2) is 9.98 Å². The van der Waals surface area contributed by atoms with Crippen molar-refractivity contribution in [2.75, 3.05) is 6.61 Å². The summed E-state index contributed by atoms with van der Waals surface area (Å²) in [5.41, 5.74) is 2.27. The van der Waals surface area contributed by atoms with Crippen molar-refractivity contribution in [1.29, 1.82) is 0 Å². The molecule has 1 aromatic carbocycles. The molecule has 0 fully saturated rings. The zero-order valence-electron chi connectivity index (χ0n) is 12.0. The van der Waals surface area contributed by atoms with E-state index in [4.69, 9.17) is 4.74 Å². The summed E-state index contributed by atoms with van der Waals surface area (Å²) in [6.45, 7) is 4.02. The number of hydrogen-bond acceptors (Lipinski definition) is 4. The van der Waals surface area contributed by atoms with Crippen molar-refractivity contribution >= 4 is 11.6 Å². The number of dihydropyridines is 1. The van der Waals surface area contributed by atoms with E-state index in [2.05, 4.69) is 33.7 Å². The molecule has 1 unspecified atom stereocenters. The lowest BCUT2D eigenvalue weighted by Crippen LogP contribution is -2.34. The molecule has 4 heteroatoms. The first-order chi connectivity index (χ1) is 10.9. The molecule has 2 aliphatic rings. The van der Waals surface area contributed by atoms with Crippen molar-refractivity contribution in [2.45, 2.75) is 6.17 Å². The molecule has 0 radical (unpaired) electrons. The van der Waals surface area contributed by atoms with Crippen LogP contribution in [-0.4, -0.2) is 24.4 Å². The van der Waals surface area contributed by atoms with Gasteiger partial charge in [-0.05, 0) is 36.4 Å². The van der Waals surface area contributed by atoms with Crippen LogP contribution in [0.1, 0.15) is 5.56 Å². The van der Waals surface area contributed by atoms with Crippen molar-refractivity contribution in [2.24, 2.45) is 9.98 Å². The first-order valence-corrected chi connectivity index (χ1v) is 6.97. The van der Waals surface area contributed by atoms with Crippen LogP contribution in [-0.2, 0) is 4.74 Å². The number of fused-ring (bicyclic) bond motifs is 1.